The lowest BCUT2D eigenvalue weighted by atomic mass is 10.0. The second-order valence-electron chi connectivity index (χ2n) is 6.09. The van der Waals surface area contributed by atoms with Crippen LogP contribution in [0.25, 0.3) is 0 Å². The van der Waals surface area contributed by atoms with Gasteiger partial charge in [0.1, 0.15) is 11.5 Å². The molecule has 1 unspecified atom stereocenters. The molecule has 2 aromatic rings. The molecule has 1 atom stereocenters. The maximum atomic E-state index is 12.9. The molecule has 144 valence electrons. The van der Waals surface area contributed by atoms with Gasteiger partial charge in [0.2, 0.25) is 5.91 Å². The van der Waals surface area contributed by atoms with Gasteiger partial charge in [-0.1, -0.05) is 13.5 Å². The quantitative estimate of drug-likeness (QED) is 0.647. The predicted octanol–water partition coefficient (Wildman–Crippen LogP) is 5.22. The van der Waals surface area contributed by atoms with Gasteiger partial charge in [-0.05, 0) is 49.2 Å². The number of carbonyl (C=O) groups excluding carboxylic acids is 1. The Bertz CT molecular complexity index is 803. The Kier molecular flexibility index (Phi) is 6.55. The first-order chi connectivity index (χ1) is 12.6. The number of hydrogen-bond acceptors (Lipinski definition) is 3. The van der Waals surface area contributed by atoms with Crippen LogP contribution in [0.5, 0.6) is 0 Å². The molecule has 27 heavy (non-hydrogen) atoms. The molecular formula is C19H19F4N3O. The molecule has 0 radical (unpaired) electrons. The largest absolute Gasteiger partial charge is 0.433 e. The summed E-state index contributed by atoms with van der Waals surface area (Å²) in [5, 5.41) is 5.47. The zero-order chi connectivity index (χ0) is 20.0. The van der Waals surface area contributed by atoms with Crippen molar-refractivity contribution >= 4 is 17.3 Å². The highest BCUT2D eigenvalue weighted by Gasteiger charge is 2.32. The van der Waals surface area contributed by atoms with Crippen molar-refractivity contribution in [2.75, 3.05) is 10.6 Å². The Labute approximate surface area is 154 Å². The number of nitrogens with one attached hydrogen (secondary N) is 2. The minimum absolute atomic E-state index is 0.228. The lowest BCUT2D eigenvalue weighted by molar-refractivity contribution is -0.141. The van der Waals surface area contributed by atoms with Gasteiger partial charge in [0.05, 0.1) is 0 Å². The lowest BCUT2D eigenvalue weighted by Crippen LogP contribution is -2.20. The Hall–Kier alpha value is -2.90. The van der Waals surface area contributed by atoms with Gasteiger partial charge in [0.15, 0.2) is 0 Å². The first-order valence-electron chi connectivity index (χ1n) is 8.19. The molecule has 0 saturated carbocycles. The fourth-order valence-electron chi connectivity index (χ4n) is 2.25. The third-order valence-electron chi connectivity index (χ3n) is 3.81. The fraction of sp³-hybridized carbons (Fsp3) is 0.263. The number of halogens is 4. The monoisotopic (exact) mass is 381 g/mol. The number of anilines is 2. The summed E-state index contributed by atoms with van der Waals surface area (Å²) >= 11 is 0. The van der Waals surface area contributed by atoms with Gasteiger partial charge in [-0.25, -0.2) is 4.39 Å². The summed E-state index contributed by atoms with van der Waals surface area (Å²) in [6.07, 6.45) is -2.62. The highest BCUT2D eigenvalue weighted by Crippen LogP contribution is 2.29. The number of nitrogens with zero attached hydrogens (tertiary/aromatic N) is 1. The molecule has 0 aliphatic rings. The van der Waals surface area contributed by atoms with E-state index >= 15 is 0 Å². The fourth-order valence-corrected chi connectivity index (χ4v) is 2.25. The summed E-state index contributed by atoms with van der Waals surface area (Å²) in [7, 11) is 0. The molecule has 4 nitrogen and oxygen atoms in total. The van der Waals surface area contributed by atoms with E-state index in [2.05, 4.69) is 22.2 Å². The Balaban J connectivity index is 1.84. The van der Waals surface area contributed by atoms with E-state index in [-0.39, 0.29) is 17.5 Å². The van der Waals surface area contributed by atoms with Crippen LogP contribution in [-0.4, -0.2) is 10.9 Å². The molecule has 0 aliphatic carbocycles. The van der Waals surface area contributed by atoms with E-state index in [1.165, 1.54) is 30.3 Å². The lowest BCUT2D eigenvalue weighted by Gasteiger charge is -2.15. The van der Waals surface area contributed by atoms with Crippen molar-refractivity contribution in [2.24, 2.45) is 5.92 Å². The van der Waals surface area contributed by atoms with Crippen LogP contribution < -0.4 is 10.6 Å². The van der Waals surface area contributed by atoms with E-state index in [0.717, 1.165) is 12.3 Å². The molecule has 0 fully saturated rings. The van der Waals surface area contributed by atoms with Crippen LogP contribution in [0.3, 0.4) is 0 Å². The van der Waals surface area contributed by atoms with E-state index < -0.39 is 17.7 Å². The zero-order valence-corrected chi connectivity index (χ0v) is 14.6. The summed E-state index contributed by atoms with van der Waals surface area (Å²) in [5.74, 6) is -0.998. The number of aromatic nitrogens is 1. The van der Waals surface area contributed by atoms with Gasteiger partial charge >= 0.3 is 6.18 Å². The third-order valence-corrected chi connectivity index (χ3v) is 3.81. The SMILES string of the molecule is C=C(CCC(C)C(=O)Nc1ccc(F)cc1)Nc1ccnc(C(F)(F)F)c1. The normalized spacial score (nSPS) is 12.3. The van der Waals surface area contributed by atoms with Crippen molar-refractivity contribution in [3.8, 4) is 0 Å². The molecule has 0 aliphatic heterocycles. The van der Waals surface area contributed by atoms with E-state index in [1.54, 1.807) is 6.92 Å². The van der Waals surface area contributed by atoms with Gasteiger partial charge in [0.25, 0.3) is 0 Å². The van der Waals surface area contributed by atoms with Gasteiger partial charge in [0, 0.05) is 29.2 Å². The average Bonchev–Trinajstić information content (AvgIpc) is 2.61. The second-order valence-corrected chi connectivity index (χ2v) is 6.09. The molecule has 1 aromatic carbocycles. The first kappa shape index (κ1) is 20.4. The highest BCUT2D eigenvalue weighted by molar-refractivity contribution is 5.92. The summed E-state index contributed by atoms with van der Waals surface area (Å²) in [6.45, 7) is 5.50. The summed E-state index contributed by atoms with van der Waals surface area (Å²) < 4.78 is 50.9. The van der Waals surface area contributed by atoms with E-state index in [0.29, 0.717) is 24.2 Å². The predicted molar refractivity (Wildman–Crippen MR) is 95.4 cm³/mol. The second kappa shape index (κ2) is 8.66. The van der Waals surface area contributed by atoms with Crippen molar-refractivity contribution in [1.29, 1.82) is 0 Å². The van der Waals surface area contributed by atoms with Crippen molar-refractivity contribution in [3.63, 3.8) is 0 Å². The molecule has 8 heteroatoms. The van der Waals surface area contributed by atoms with Crippen LogP contribution in [0.1, 0.15) is 25.5 Å². The zero-order valence-electron chi connectivity index (χ0n) is 14.6. The van der Waals surface area contributed by atoms with Gasteiger partial charge in [-0.15, -0.1) is 0 Å². The molecule has 0 saturated heterocycles. The van der Waals surface area contributed by atoms with E-state index in [1.807, 2.05) is 0 Å². The maximum absolute atomic E-state index is 12.9. The van der Waals surface area contributed by atoms with E-state index in [4.69, 9.17) is 0 Å². The highest BCUT2D eigenvalue weighted by atomic mass is 19.4. The topological polar surface area (TPSA) is 54.0 Å². The van der Waals surface area contributed by atoms with Crippen molar-refractivity contribution in [3.05, 3.63) is 66.4 Å². The molecule has 1 heterocycles. The van der Waals surface area contributed by atoms with Crippen LogP contribution in [0, 0.1) is 11.7 Å². The molecule has 2 rings (SSSR count). The Morgan fingerprint density at radius 1 is 1.15 bits per heavy atom. The minimum atomic E-state index is -4.52. The summed E-state index contributed by atoms with van der Waals surface area (Å²) in [4.78, 5) is 15.4. The summed E-state index contributed by atoms with van der Waals surface area (Å²) in [5.41, 5.74) is 0.204. The van der Waals surface area contributed by atoms with Gasteiger partial charge < -0.3 is 10.6 Å². The van der Waals surface area contributed by atoms with Crippen LogP contribution in [0.4, 0.5) is 28.9 Å². The number of rotatable bonds is 7. The maximum Gasteiger partial charge on any atom is 0.433 e. The average molecular weight is 381 g/mol. The number of benzene rings is 1. The number of carbonyl (C=O) groups is 1. The van der Waals surface area contributed by atoms with Crippen LogP contribution in [0.2, 0.25) is 0 Å². The summed E-state index contributed by atoms with van der Waals surface area (Å²) in [6, 6.07) is 7.72. The molecular weight excluding hydrogens is 362 g/mol. The van der Waals surface area contributed by atoms with Gasteiger partial charge in [-0.3, -0.25) is 9.78 Å². The number of allylic oxidation sites excluding steroid dienone is 1. The van der Waals surface area contributed by atoms with Crippen LogP contribution >= 0.6 is 0 Å². The molecule has 1 amide bonds. The van der Waals surface area contributed by atoms with Crippen LogP contribution in [0.15, 0.2) is 54.9 Å². The van der Waals surface area contributed by atoms with Crippen molar-refractivity contribution < 1.29 is 22.4 Å². The Morgan fingerprint density at radius 2 is 1.81 bits per heavy atom. The third kappa shape index (κ3) is 6.40. The molecule has 0 bridgehead atoms. The molecule has 1 aromatic heterocycles. The standard InChI is InChI=1S/C19H19F4N3O/c1-12(18(27)26-15-7-5-14(20)6-8-15)3-4-13(2)25-16-9-10-24-17(11-16)19(21,22)23/h5-12H,2-4H2,1H3,(H,24,25)(H,26,27). The number of pyridine rings is 1. The minimum Gasteiger partial charge on any atom is -0.359 e. The number of hydrogen-bond donors (Lipinski definition) is 2. The molecule has 0 spiro atoms. The Morgan fingerprint density at radius 3 is 2.44 bits per heavy atom. The van der Waals surface area contributed by atoms with Crippen molar-refractivity contribution in [1.82, 2.24) is 4.98 Å². The molecule has 2 N–H and O–H groups in total. The van der Waals surface area contributed by atoms with Gasteiger partial charge in [-0.2, -0.15) is 13.2 Å². The van der Waals surface area contributed by atoms with E-state index in [9.17, 15) is 22.4 Å². The number of amides is 1. The first-order valence-corrected chi connectivity index (χ1v) is 8.19. The number of alkyl halides is 3. The smallest absolute Gasteiger partial charge is 0.359 e. The van der Waals surface area contributed by atoms with Crippen LogP contribution in [-0.2, 0) is 11.0 Å². The van der Waals surface area contributed by atoms with Crippen molar-refractivity contribution in [2.45, 2.75) is 25.9 Å².